The van der Waals surface area contributed by atoms with Crippen molar-refractivity contribution in [2.24, 2.45) is 0 Å². The van der Waals surface area contributed by atoms with Crippen LogP contribution in [0.3, 0.4) is 0 Å². The maximum Gasteiger partial charge on any atom is 0.319 e. The Morgan fingerprint density at radius 1 is 1.10 bits per heavy atom. The predicted octanol–water partition coefficient (Wildman–Crippen LogP) is 4.53. The van der Waals surface area contributed by atoms with E-state index in [9.17, 15) is 4.79 Å². The van der Waals surface area contributed by atoms with Gasteiger partial charge in [0.15, 0.2) is 0 Å². The summed E-state index contributed by atoms with van der Waals surface area (Å²) in [6.45, 7) is 3.82. The van der Waals surface area contributed by atoms with Crippen LogP contribution in [0, 0.1) is 6.92 Å². The average molecular weight is 289 g/mol. The Morgan fingerprint density at radius 2 is 1.80 bits per heavy atom. The third-order valence-electron chi connectivity index (χ3n) is 3.16. The highest BCUT2D eigenvalue weighted by Crippen LogP contribution is 2.23. The molecule has 0 aliphatic carbocycles. The molecule has 0 aliphatic heterocycles. The highest BCUT2D eigenvalue weighted by atomic mass is 35.5. The Labute approximate surface area is 124 Å². The summed E-state index contributed by atoms with van der Waals surface area (Å²) < 4.78 is 0. The maximum atomic E-state index is 12.0. The molecule has 2 rings (SSSR count). The quantitative estimate of drug-likeness (QED) is 0.856. The first kappa shape index (κ1) is 14.4. The molecule has 0 aromatic heterocycles. The van der Waals surface area contributed by atoms with Gasteiger partial charge in [-0.2, -0.15) is 0 Å². The Hall–Kier alpha value is -2.00. The Balaban J connectivity index is 2.01. The molecular weight excluding hydrogens is 272 g/mol. The molecule has 0 saturated carbocycles. The Kier molecular flexibility index (Phi) is 4.64. The summed E-state index contributed by atoms with van der Waals surface area (Å²) in [6, 6.07) is 14.9. The minimum Gasteiger partial charge on any atom is -0.331 e. The van der Waals surface area contributed by atoms with Crippen LogP contribution in [0.1, 0.15) is 24.1 Å². The Bertz CT molecular complexity index is 599. The van der Waals surface area contributed by atoms with Crippen LogP contribution >= 0.6 is 11.6 Å². The lowest BCUT2D eigenvalue weighted by molar-refractivity contribution is 0.249. The summed E-state index contributed by atoms with van der Waals surface area (Å²) in [6.07, 6.45) is 0. The van der Waals surface area contributed by atoms with Gasteiger partial charge >= 0.3 is 6.03 Å². The van der Waals surface area contributed by atoms with Gasteiger partial charge in [-0.3, -0.25) is 0 Å². The molecule has 2 aromatic rings. The lowest BCUT2D eigenvalue weighted by Crippen LogP contribution is -2.31. The monoisotopic (exact) mass is 288 g/mol. The van der Waals surface area contributed by atoms with E-state index >= 15 is 0 Å². The van der Waals surface area contributed by atoms with Crippen molar-refractivity contribution in [2.45, 2.75) is 19.9 Å². The van der Waals surface area contributed by atoms with Crippen molar-refractivity contribution in [1.29, 1.82) is 0 Å². The van der Waals surface area contributed by atoms with E-state index in [-0.39, 0.29) is 12.1 Å². The van der Waals surface area contributed by atoms with E-state index in [1.807, 2.05) is 56.3 Å². The lowest BCUT2D eigenvalue weighted by Gasteiger charge is -2.16. The summed E-state index contributed by atoms with van der Waals surface area (Å²) in [7, 11) is 0. The van der Waals surface area contributed by atoms with Crippen LogP contribution in [0.15, 0.2) is 48.5 Å². The van der Waals surface area contributed by atoms with Crippen molar-refractivity contribution in [3.63, 3.8) is 0 Å². The minimum absolute atomic E-state index is 0.0595. The third-order valence-corrected chi connectivity index (χ3v) is 3.57. The SMILES string of the molecule is Cc1c(Cl)cccc1NC(=O)NC(C)c1ccccc1. The zero-order chi connectivity index (χ0) is 14.5. The molecule has 0 spiro atoms. The number of hydrogen-bond acceptors (Lipinski definition) is 1. The van der Waals surface area contributed by atoms with Crippen molar-refractivity contribution in [1.82, 2.24) is 5.32 Å². The van der Waals surface area contributed by atoms with E-state index in [2.05, 4.69) is 10.6 Å². The number of carbonyl (C=O) groups is 1. The average Bonchev–Trinajstić information content (AvgIpc) is 2.45. The fourth-order valence-electron chi connectivity index (χ4n) is 1.92. The van der Waals surface area contributed by atoms with Crippen LogP contribution in [0.5, 0.6) is 0 Å². The van der Waals surface area contributed by atoms with Gasteiger partial charge in [-0.05, 0) is 37.1 Å². The molecule has 1 unspecified atom stereocenters. The van der Waals surface area contributed by atoms with Gasteiger partial charge in [0.05, 0.1) is 6.04 Å². The largest absolute Gasteiger partial charge is 0.331 e. The second-order valence-corrected chi connectivity index (χ2v) is 5.05. The summed E-state index contributed by atoms with van der Waals surface area (Å²) >= 11 is 6.03. The number of nitrogens with one attached hydrogen (secondary N) is 2. The summed E-state index contributed by atoms with van der Waals surface area (Å²) in [4.78, 5) is 12.0. The molecule has 2 N–H and O–H groups in total. The summed E-state index contributed by atoms with van der Waals surface area (Å²) in [5.74, 6) is 0. The standard InChI is InChI=1S/C16H17ClN2O/c1-11-14(17)9-6-10-15(11)19-16(20)18-12(2)13-7-4-3-5-8-13/h3-10,12H,1-2H3,(H2,18,19,20). The normalized spacial score (nSPS) is 11.8. The molecular formula is C16H17ClN2O. The van der Waals surface area contributed by atoms with Crippen LogP contribution in [0.4, 0.5) is 10.5 Å². The van der Waals surface area contributed by atoms with E-state index in [0.717, 1.165) is 16.8 Å². The molecule has 0 fully saturated rings. The first-order valence-corrected chi connectivity index (χ1v) is 6.83. The van der Waals surface area contributed by atoms with Crippen LogP contribution in [-0.2, 0) is 0 Å². The predicted molar refractivity (Wildman–Crippen MR) is 83.2 cm³/mol. The molecule has 0 saturated heterocycles. The maximum absolute atomic E-state index is 12.0. The van der Waals surface area contributed by atoms with Gasteiger partial charge in [-0.1, -0.05) is 48.0 Å². The van der Waals surface area contributed by atoms with Crippen LogP contribution in [-0.4, -0.2) is 6.03 Å². The zero-order valence-electron chi connectivity index (χ0n) is 11.5. The topological polar surface area (TPSA) is 41.1 Å². The van der Waals surface area contributed by atoms with Crippen molar-refractivity contribution >= 4 is 23.3 Å². The molecule has 0 heterocycles. The van der Waals surface area contributed by atoms with Crippen molar-refractivity contribution in [3.8, 4) is 0 Å². The molecule has 0 bridgehead atoms. The van der Waals surface area contributed by atoms with Crippen LogP contribution in [0.2, 0.25) is 5.02 Å². The first-order chi connectivity index (χ1) is 9.58. The summed E-state index contributed by atoms with van der Waals surface area (Å²) in [5, 5.41) is 6.35. The number of anilines is 1. The van der Waals surface area contributed by atoms with E-state index in [4.69, 9.17) is 11.6 Å². The number of rotatable bonds is 3. The number of benzene rings is 2. The molecule has 4 heteroatoms. The van der Waals surface area contributed by atoms with E-state index in [1.165, 1.54) is 0 Å². The molecule has 2 aromatic carbocycles. The smallest absolute Gasteiger partial charge is 0.319 e. The number of halogens is 1. The fourth-order valence-corrected chi connectivity index (χ4v) is 2.10. The molecule has 0 aliphatic rings. The molecule has 0 radical (unpaired) electrons. The van der Waals surface area contributed by atoms with E-state index in [0.29, 0.717) is 5.02 Å². The van der Waals surface area contributed by atoms with Gasteiger partial charge < -0.3 is 10.6 Å². The number of hydrogen-bond donors (Lipinski definition) is 2. The molecule has 2 amide bonds. The van der Waals surface area contributed by atoms with Crippen LogP contribution < -0.4 is 10.6 Å². The van der Waals surface area contributed by atoms with Gasteiger partial charge in [-0.25, -0.2) is 4.79 Å². The zero-order valence-corrected chi connectivity index (χ0v) is 12.2. The second kappa shape index (κ2) is 6.44. The number of carbonyl (C=O) groups excluding carboxylic acids is 1. The molecule has 1 atom stereocenters. The van der Waals surface area contributed by atoms with Gasteiger partial charge in [-0.15, -0.1) is 0 Å². The lowest BCUT2D eigenvalue weighted by atomic mass is 10.1. The molecule has 104 valence electrons. The molecule has 20 heavy (non-hydrogen) atoms. The highest BCUT2D eigenvalue weighted by molar-refractivity contribution is 6.31. The first-order valence-electron chi connectivity index (χ1n) is 6.45. The van der Waals surface area contributed by atoms with E-state index in [1.54, 1.807) is 6.07 Å². The number of urea groups is 1. The molecule has 3 nitrogen and oxygen atoms in total. The van der Waals surface area contributed by atoms with Gasteiger partial charge in [0.1, 0.15) is 0 Å². The van der Waals surface area contributed by atoms with Gasteiger partial charge in [0.2, 0.25) is 0 Å². The Morgan fingerprint density at radius 3 is 2.50 bits per heavy atom. The fraction of sp³-hybridized carbons (Fsp3) is 0.188. The highest BCUT2D eigenvalue weighted by Gasteiger charge is 2.10. The summed E-state index contributed by atoms with van der Waals surface area (Å²) in [5.41, 5.74) is 2.64. The van der Waals surface area contributed by atoms with Gasteiger partial charge in [0.25, 0.3) is 0 Å². The second-order valence-electron chi connectivity index (χ2n) is 4.64. The van der Waals surface area contributed by atoms with Crippen molar-refractivity contribution in [3.05, 3.63) is 64.7 Å². The minimum atomic E-state index is -0.244. The van der Waals surface area contributed by atoms with Crippen LogP contribution in [0.25, 0.3) is 0 Å². The van der Waals surface area contributed by atoms with E-state index < -0.39 is 0 Å². The number of amides is 2. The third kappa shape index (κ3) is 3.52. The van der Waals surface area contributed by atoms with Gasteiger partial charge in [0, 0.05) is 10.7 Å². The van der Waals surface area contributed by atoms with Crippen molar-refractivity contribution < 1.29 is 4.79 Å². The van der Waals surface area contributed by atoms with Crippen molar-refractivity contribution in [2.75, 3.05) is 5.32 Å².